The molecule has 4 nitrogen and oxygen atoms in total. The van der Waals surface area contributed by atoms with Crippen molar-refractivity contribution in [2.45, 2.75) is 38.1 Å². The van der Waals surface area contributed by atoms with Crippen LogP contribution >= 0.6 is 0 Å². The van der Waals surface area contributed by atoms with Crippen LogP contribution in [0.1, 0.15) is 13.8 Å². The zero-order valence-corrected chi connectivity index (χ0v) is 8.40. The smallest absolute Gasteiger partial charge is 0.100 e. The molecule has 0 radical (unpaired) electrons. The van der Waals surface area contributed by atoms with Crippen molar-refractivity contribution in [2.24, 2.45) is 5.92 Å². The highest BCUT2D eigenvalue weighted by molar-refractivity contribution is 4.99. The van der Waals surface area contributed by atoms with Crippen LogP contribution in [0.15, 0.2) is 0 Å². The van der Waals surface area contributed by atoms with Gasteiger partial charge in [-0.05, 0) is 5.92 Å². The van der Waals surface area contributed by atoms with Crippen LogP contribution < -0.4 is 5.32 Å². The second-order valence-electron chi connectivity index (χ2n) is 3.92. The molecule has 1 rings (SSSR count). The van der Waals surface area contributed by atoms with E-state index in [9.17, 15) is 5.11 Å². The average Bonchev–Trinajstić information content (AvgIpc) is 2.42. The van der Waals surface area contributed by atoms with Gasteiger partial charge in [0.25, 0.3) is 0 Å². The summed E-state index contributed by atoms with van der Waals surface area (Å²) in [6.07, 6.45) is -0.820. The molecular formula is C9H19NO3. The molecule has 0 unspecified atom stereocenters. The van der Waals surface area contributed by atoms with Gasteiger partial charge in [-0.3, -0.25) is 0 Å². The fraction of sp³-hybridized carbons (Fsp3) is 1.00. The number of ether oxygens (including phenoxy) is 1. The predicted octanol–water partition coefficient (Wildman–Crippen LogP) is -0.649. The zero-order chi connectivity index (χ0) is 10.0. The maximum absolute atomic E-state index is 9.72. The second-order valence-corrected chi connectivity index (χ2v) is 3.92. The number of aliphatic hydroxyl groups excluding tert-OH is 2. The summed E-state index contributed by atoms with van der Waals surface area (Å²) < 4.78 is 5.21. The fourth-order valence-corrected chi connectivity index (χ4v) is 1.90. The SMILES string of the molecule is CO[C@@H]1[C@H](O)[C@@H](CO)N[C@H]1C(C)C. The lowest BCUT2D eigenvalue weighted by Gasteiger charge is -2.22. The van der Waals surface area contributed by atoms with Gasteiger partial charge in [0.2, 0.25) is 0 Å². The van der Waals surface area contributed by atoms with Crippen molar-refractivity contribution in [3.05, 3.63) is 0 Å². The second kappa shape index (κ2) is 4.37. The van der Waals surface area contributed by atoms with Crippen LogP contribution in [0.3, 0.4) is 0 Å². The molecule has 0 spiro atoms. The Balaban J connectivity index is 2.66. The summed E-state index contributed by atoms with van der Waals surface area (Å²) in [6, 6.07) is -0.130. The normalized spacial score (nSPS) is 40.2. The summed E-state index contributed by atoms with van der Waals surface area (Å²) in [7, 11) is 1.59. The topological polar surface area (TPSA) is 61.7 Å². The Morgan fingerprint density at radius 3 is 2.38 bits per heavy atom. The van der Waals surface area contributed by atoms with Crippen LogP contribution in [0.5, 0.6) is 0 Å². The molecule has 0 saturated carbocycles. The molecule has 1 saturated heterocycles. The quantitative estimate of drug-likeness (QED) is 0.552. The Morgan fingerprint density at radius 1 is 1.46 bits per heavy atom. The van der Waals surface area contributed by atoms with Crippen LogP contribution in [0.2, 0.25) is 0 Å². The van der Waals surface area contributed by atoms with Gasteiger partial charge in [0, 0.05) is 13.2 Å². The molecule has 0 bridgehead atoms. The van der Waals surface area contributed by atoms with E-state index in [-0.39, 0.29) is 24.8 Å². The minimum absolute atomic E-state index is 0.0513. The Morgan fingerprint density at radius 2 is 2.08 bits per heavy atom. The average molecular weight is 189 g/mol. The minimum Gasteiger partial charge on any atom is -0.395 e. The lowest BCUT2D eigenvalue weighted by Crippen LogP contribution is -2.39. The Hall–Kier alpha value is -0.160. The van der Waals surface area contributed by atoms with Crippen molar-refractivity contribution in [2.75, 3.05) is 13.7 Å². The van der Waals surface area contributed by atoms with Crippen molar-refractivity contribution in [3.63, 3.8) is 0 Å². The molecule has 0 aromatic carbocycles. The third-order valence-corrected chi connectivity index (χ3v) is 2.70. The van der Waals surface area contributed by atoms with E-state index in [2.05, 4.69) is 19.2 Å². The minimum atomic E-state index is -0.609. The molecule has 4 heteroatoms. The third kappa shape index (κ3) is 2.02. The molecule has 0 aliphatic carbocycles. The van der Waals surface area contributed by atoms with Gasteiger partial charge in [0.05, 0.1) is 18.8 Å². The first-order valence-electron chi connectivity index (χ1n) is 4.69. The molecule has 4 atom stereocenters. The van der Waals surface area contributed by atoms with Crippen molar-refractivity contribution >= 4 is 0 Å². The van der Waals surface area contributed by atoms with E-state index >= 15 is 0 Å². The first-order chi connectivity index (χ1) is 6.11. The lowest BCUT2D eigenvalue weighted by atomic mass is 9.98. The summed E-state index contributed by atoms with van der Waals surface area (Å²) in [5, 5.41) is 21.9. The summed E-state index contributed by atoms with van der Waals surface area (Å²) in [5.74, 6) is 0.385. The highest BCUT2D eigenvalue weighted by Gasteiger charge is 2.42. The number of rotatable bonds is 3. The van der Waals surface area contributed by atoms with Crippen molar-refractivity contribution in [1.82, 2.24) is 5.32 Å². The largest absolute Gasteiger partial charge is 0.395 e. The molecule has 1 fully saturated rings. The Bertz CT molecular complexity index is 163. The number of aliphatic hydroxyl groups is 2. The monoisotopic (exact) mass is 189 g/mol. The lowest BCUT2D eigenvalue weighted by molar-refractivity contribution is -0.0144. The summed E-state index contributed by atoms with van der Waals surface area (Å²) in [6.45, 7) is 4.08. The molecule has 13 heavy (non-hydrogen) atoms. The molecule has 78 valence electrons. The fourth-order valence-electron chi connectivity index (χ4n) is 1.90. The van der Waals surface area contributed by atoms with Crippen molar-refractivity contribution in [1.29, 1.82) is 0 Å². The molecule has 0 aromatic heterocycles. The van der Waals surface area contributed by atoms with Gasteiger partial charge in [0.1, 0.15) is 6.10 Å². The van der Waals surface area contributed by atoms with Crippen molar-refractivity contribution < 1.29 is 14.9 Å². The van der Waals surface area contributed by atoms with E-state index in [4.69, 9.17) is 9.84 Å². The highest BCUT2D eigenvalue weighted by Crippen LogP contribution is 2.22. The van der Waals surface area contributed by atoms with Crippen LogP contribution in [0.25, 0.3) is 0 Å². The standard InChI is InChI=1S/C9H19NO3/c1-5(2)7-9(13-3)8(12)6(4-11)10-7/h5-12H,4H2,1-3H3/t6-,7+,8-,9+/m1/s1. The highest BCUT2D eigenvalue weighted by atomic mass is 16.5. The maximum atomic E-state index is 9.72. The van der Waals surface area contributed by atoms with Gasteiger partial charge in [-0.15, -0.1) is 0 Å². The van der Waals surface area contributed by atoms with Crippen LogP contribution in [0, 0.1) is 5.92 Å². The van der Waals surface area contributed by atoms with Gasteiger partial charge in [-0.25, -0.2) is 0 Å². The van der Waals surface area contributed by atoms with Gasteiger partial charge in [-0.2, -0.15) is 0 Å². The summed E-state index contributed by atoms with van der Waals surface area (Å²) in [5.41, 5.74) is 0. The van der Waals surface area contributed by atoms with E-state index < -0.39 is 6.10 Å². The summed E-state index contributed by atoms with van der Waals surface area (Å²) >= 11 is 0. The van der Waals surface area contributed by atoms with E-state index in [1.807, 2.05) is 0 Å². The number of hydrogen-bond acceptors (Lipinski definition) is 4. The molecule has 0 aromatic rings. The van der Waals surface area contributed by atoms with Crippen LogP contribution in [-0.4, -0.2) is 48.2 Å². The van der Waals surface area contributed by atoms with E-state index in [0.29, 0.717) is 5.92 Å². The van der Waals surface area contributed by atoms with Gasteiger partial charge >= 0.3 is 0 Å². The van der Waals surface area contributed by atoms with E-state index in [0.717, 1.165) is 0 Å². The number of methoxy groups -OCH3 is 1. The number of hydrogen-bond donors (Lipinski definition) is 3. The zero-order valence-electron chi connectivity index (χ0n) is 8.40. The van der Waals surface area contributed by atoms with E-state index in [1.54, 1.807) is 7.11 Å². The van der Waals surface area contributed by atoms with Gasteiger partial charge < -0.3 is 20.3 Å². The number of nitrogens with one attached hydrogen (secondary N) is 1. The predicted molar refractivity (Wildman–Crippen MR) is 49.4 cm³/mol. The van der Waals surface area contributed by atoms with Gasteiger partial charge in [-0.1, -0.05) is 13.8 Å². The summed E-state index contributed by atoms with van der Waals surface area (Å²) in [4.78, 5) is 0. The Kier molecular flexibility index (Phi) is 3.67. The van der Waals surface area contributed by atoms with Crippen molar-refractivity contribution in [3.8, 4) is 0 Å². The molecule has 1 aliphatic heterocycles. The molecule has 1 heterocycles. The van der Waals surface area contributed by atoms with E-state index in [1.165, 1.54) is 0 Å². The molecule has 3 N–H and O–H groups in total. The van der Waals surface area contributed by atoms with Gasteiger partial charge in [0.15, 0.2) is 0 Å². The molecular weight excluding hydrogens is 170 g/mol. The first kappa shape index (κ1) is 10.9. The van der Waals surface area contributed by atoms with Crippen LogP contribution in [0.4, 0.5) is 0 Å². The Labute approximate surface area is 78.9 Å². The maximum Gasteiger partial charge on any atom is 0.100 e. The first-order valence-corrected chi connectivity index (χ1v) is 4.69. The third-order valence-electron chi connectivity index (χ3n) is 2.70. The molecule has 0 amide bonds. The van der Waals surface area contributed by atoms with Crippen LogP contribution in [-0.2, 0) is 4.74 Å². The molecule has 1 aliphatic rings.